The van der Waals surface area contributed by atoms with Gasteiger partial charge in [-0.25, -0.2) is 4.98 Å². The predicted molar refractivity (Wildman–Crippen MR) is 46.6 cm³/mol. The standard InChI is InChI=1S/C9H13NO3/c1-3-6-7(5-9(11)12)13-8(4-2)10-6/h3-5H2,1-2H3,(H,11,12). The highest BCUT2D eigenvalue weighted by Crippen LogP contribution is 2.13. The summed E-state index contributed by atoms with van der Waals surface area (Å²) in [5.41, 5.74) is 0.763. The van der Waals surface area contributed by atoms with Gasteiger partial charge in [-0.2, -0.15) is 0 Å². The number of hydrogen-bond donors (Lipinski definition) is 1. The van der Waals surface area contributed by atoms with Crippen LogP contribution in [-0.2, 0) is 24.1 Å². The van der Waals surface area contributed by atoms with Crippen molar-refractivity contribution in [2.45, 2.75) is 33.1 Å². The molecule has 0 fully saturated rings. The van der Waals surface area contributed by atoms with Crippen LogP contribution >= 0.6 is 0 Å². The van der Waals surface area contributed by atoms with Crippen molar-refractivity contribution in [3.05, 3.63) is 17.3 Å². The molecule has 0 amide bonds. The lowest BCUT2D eigenvalue weighted by Crippen LogP contribution is -2.01. The Kier molecular flexibility index (Phi) is 3.06. The molecule has 1 aromatic heterocycles. The van der Waals surface area contributed by atoms with Gasteiger partial charge in [0.15, 0.2) is 5.89 Å². The van der Waals surface area contributed by atoms with Gasteiger partial charge < -0.3 is 9.52 Å². The molecule has 1 N–H and O–H groups in total. The van der Waals surface area contributed by atoms with E-state index in [4.69, 9.17) is 9.52 Å². The van der Waals surface area contributed by atoms with E-state index in [-0.39, 0.29) is 6.42 Å². The predicted octanol–water partition coefficient (Wildman–Crippen LogP) is 1.43. The molecular weight excluding hydrogens is 170 g/mol. The lowest BCUT2D eigenvalue weighted by molar-refractivity contribution is -0.136. The van der Waals surface area contributed by atoms with Crippen LogP contribution in [0.15, 0.2) is 4.42 Å². The quantitative estimate of drug-likeness (QED) is 0.766. The second kappa shape index (κ2) is 4.07. The maximum Gasteiger partial charge on any atom is 0.311 e. The van der Waals surface area contributed by atoms with Crippen LogP contribution in [0.3, 0.4) is 0 Å². The first-order chi connectivity index (χ1) is 6.17. The first-order valence-corrected chi connectivity index (χ1v) is 4.36. The maximum atomic E-state index is 10.4. The topological polar surface area (TPSA) is 63.3 Å². The van der Waals surface area contributed by atoms with Crippen molar-refractivity contribution in [3.8, 4) is 0 Å². The normalized spacial score (nSPS) is 10.3. The molecule has 1 aromatic rings. The monoisotopic (exact) mass is 183 g/mol. The van der Waals surface area contributed by atoms with Crippen molar-refractivity contribution in [2.75, 3.05) is 0 Å². The van der Waals surface area contributed by atoms with Gasteiger partial charge in [-0.3, -0.25) is 4.79 Å². The van der Waals surface area contributed by atoms with Crippen LogP contribution in [0, 0.1) is 0 Å². The Morgan fingerprint density at radius 3 is 2.62 bits per heavy atom. The fourth-order valence-electron chi connectivity index (χ4n) is 1.14. The zero-order valence-corrected chi connectivity index (χ0v) is 7.83. The van der Waals surface area contributed by atoms with Crippen LogP contribution < -0.4 is 0 Å². The van der Waals surface area contributed by atoms with Gasteiger partial charge in [0, 0.05) is 6.42 Å². The second-order valence-electron chi connectivity index (χ2n) is 2.76. The van der Waals surface area contributed by atoms with Crippen LogP contribution in [0.2, 0.25) is 0 Å². The number of carboxylic acid groups (broad SMARTS) is 1. The average Bonchev–Trinajstić information content (AvgIpc) is 2.46. The van der Waals surface area contributed by atoms with Crippen molar-refractivity contribution in [1.29, 1.82) is 0 Å². The summed E-state index contributed by atoms with van der Waals surface area (Å²) < 4.78 is 5.27. The van der Waals surface area contributed by atoms with Gasteiger partial charge in [0.05, 0.1) is 5.69 Å². The number of carboxylic acids is 1. The highest BCUT2D eigenvalue weighted by Gasteiger charge is 2.13. The number of oxazole rings is 1. The number of aryl methyl sites for hydroxylation is 2. The molecule has 13 heavy (non-hydrogen) atoms. The Balaban J connectivity index is 2.90. The third kappa shape index (κ3) is 2.31. The molecule has 1 rings (SSSR count). The number of rotatable bonds is 4. The molecule has 0 aliphatic rings. The zero-order chi connectivity index (χ0) is 9.84. The summed E-state index contributed by atoms with van der Waals surface area (Å²) in [6.07, 6.45) is 1.34. The van der Waals surface area contributed by atoms with Gasteiger partial charge in [0.2, 0.25) is 0 Å². The fraction of sp³-hybridized carbons (Fsp3) is 0.556. The Morgan fingerprint density at radius 2 is 2.15 bits per heavy atom. The summed E-state index contributed by atoms with van der Waals surface area (Å²) >= 11 is 0. The molecule has 0 radical (unpaired) electrons. The molecule has 4 nitrogen and oxygen atoms in total. The summed E-state index contributed by atoms with van der Waals surface area (Å²) in [6.45, 7) is 3.86. The van der Waals surface area contributed by atoms with Gasteiger partial charge in [-0.05, 0) is 6.42 Å². The third-order valence-corrected chi connectivity index (χ3v) is 1.77. The molecule has 0 saturated carbocycles. The molecule has 0 unspecified atom stereocenters. The highest BCUT2D eigenvalue weighted by molar-refractivity contribution is 5.69. The third-order valence-electron chi connectivity index (χ3n) is 1.77. The Labute approximate surface area is 76.6 Å². The molecule has 0 bridgehead atoms. The van der Waals surface area contributed by atoms with Gasteiger partial charge in [-0.15, -0.1) is 0 Å². The van der Waals surface area contributed by atoms with E-state index in [0.29, 0.717) is 24.5 Å². The van der Waals surface area contributed by atoms with Crippen LogP contribution in [0.25, 0.3) is 0 Å². The maximum absolute atomic E-state index is 10.4. The van der Waals surface area contributed by atoms with Crippen LogP contribution in [0.4, 0.5) is 0 Å². The Bertz CT molecular complexity index is 304. The minimum atomic E-state index is -0.881. The van der Waals surface area contributed by atoms with Crippen LogP contribution in [0.5, 0.6) is 0 Å². The molecule has 4 heteroatoms. The molecular formula is C9H13NO3. The van der Waals surface area contributed by atoms with Crippen molar-refractivity contribution in [1.82, 2.24) is 4.98 Å². The molecule has 0 aliphatic carbocycles. The van der Waals surface area contributed by atoms with Gasteiger partial charge in [0.1, 0.15) is 12.2 Å². The van der Waals surface area contributed by atoms with Gasteiger partial charge in [-0.1, -0.05) is 13.8 Å². The number of aromatic nitrogens is 1. The Morgan fingerprint density at radius 1 is 1.46 bits per heavy atom. The molecule has 0 saturated heterocycles. The fourth-order valence-corrected chi connectivity index (χ4v) is 1.14. The zero-order valence-electron chi connectivity index (χ0n) is 7.83. The van der Waals surface area contributed by atoms with Crippen LogP contribution in [0.1, 0.15) is 31.2 Å². The van der Waals surface area contributed by atoms with E-state index in [1.165, 1.54) is 0 Å². The number of aliphatic carboxylic acids is 1. The largest absolute Gasteiger partial charge is 0.481 e. The summed E-state index contributed by atoms with van der Waals surface area (Å²) in [5.74, 6) is 0.230. The van der Waals surface area contributed by atoms with Crippen molar-refractivity contribution >= 4 is 5.97 Å². The summed E-state index contributed by atoms with van der Waals surface area (Å²) in [7, 11) is 0. The molecule has 72 valence electrons. The number of carbonyl (C=O) groups is 1. The minimum Gasteiger partial charge on any atom is -0.481 e. The van der Waals surface area contributed by atoms with Gasteiger partial charge in [0.25, 0.3) is 0 Å². The minimum absolute atomic E-state index is 0.0732. The molecule has 0 aliphatic heterocycles. The lowest BCUT2D eigenvalue weighted by Gasteiger charge is -1.92. The highest BCUT2D eigenvalue weighted by atomic mass is 16.4. The first-order valence-electron chi connectivity index (χ1n) is 4.36. The molecule has 1 heterocycles. The lowest BCUT2D eigenvalue weighted by atomic mass is 10.2. The van der Waals surface area contributed by atoms with Crippen LogP contribution in [-0.4, -0.2) is 16.1 Å². The van der Waals surface area contributed by atoms with E-state index in [0.717, 1.165) is 5.69 Å². The Hall–Kier alpha value is -1.32. The van der Waals surface area contributed by atoms with Crippen molar-refractivity contribution in [2.24, 2.45) is 0 Å². The van der Waals surface area contributed by atoms with E-state index in [1.807, 2.05) is 13.8 Å². The smallest absolute Gasteiger partial charge is 0.311 e. The van der Waals surface area contributed by atoms with E-state index < -0.39 is 5.97 Å². The van der Waals surface area contributed by atoms with E-state index in [1.54, 1.807) is 0 Å². The SMILES string of the molecule is CCc1nc(CC)c(CC(=O)O)o1. The van der Waals surface area contributed by atoms with E-state index >= 15 is 0 Å². The summed E-state index contributed by atoms with van der Waals surface area (Å²) in [5, 5.41) is 8.58. The molecule has 0 atom stereocenters. The second-order valence-corrected chi connectivity index (χ2v) is 2.76. The van der Waals surface area contributed by atoms with E-state index in [2.05, 4.69) is 4.98 Å². The van der Waals surface area contributed by atoms with Gasteiger partial charge >= 0.3 is 5.97 Å². The number of nitrogens with zero attached hydrogens (tertiary/aromatic N) is 1. The summed E-state index contributed by atoms with van der Waals surface area (Å²) in [4.78, 5) is 14.6. The molecule has 0 aromatic carbocycles. The van der Waals surface area contributed by atoms with Crippen molar-refractivity contribution < 1.29 is 14.3 Å². The molecule has 0 spiro atoms. The van der Waals surface area contributed by atoms with E-state index in [9.17, 15) is 4.79 Å². The average molecular weight is 183 g/mol. The first kappa shape index (κ1) is 9.77. The number of hydrogen-bond acceptors (Lipinski definition) is 3. The summed E-state index contributed by atoms with van der Waals surface area (Å²) in [6, 6.07) is 0. The van der Waals surface area contributed by atoms with Crippen molar-refractivity contribution in [3.63, 3.8) is 0 Å².